The maximum absolute atomic E-state index is 12.3. The molecule has 0 unspecified atom stereocenters. The van der Waals surface area contributed by atoms with Crippen LogP contribution in [-0.4, -0.2) is 31.4 Å². The molecule has 0 spiro atoms. The summed E-state index contributed by atoms with van der Waals surface area (Å²) < 4.78 is 17.3. The highest BCUT2D eigenvalue weighted by Crippen LogP contribution is 2.45. The monoisotopic (exact) mass is 392 g/mol. The predicted octanol–water partition coefficient (Wildman–Crippen LogP) is 4.25. The molecule has 2 aliphatic rings. The van der Waals surface area contributed by atoms with E-state index in [1.807, 2.05) is 0 Å². The maximum Gasteiger partial charge on any atom is 0.494 e. The van der Waals surface area contributed by atoms with Gasteiger partial charge in [0.05, 0.1) is 23.7 Å². The summed E-state index contributed by atoms with van der Waals surface area (Å²) in [6, 6.07) is 16.6. The Morgan fingerprint density at radius 3 is 1.76 bits per heavy atom. The Hall–Kier alpha value is -2.11. The van der Waals surface area contributed by atoms with Gasteiger partial charge in [-0.1, -0.05) is 55.0 Å². The Bertz CT molecular complexity index is 879. The minimum atomic E-state index is -0.451. The molecular weight excluding hydrogens is 363 g/mol. The van der Waals surface area contributed by atoms with Crippen LogP contribution in [0.15, 0.2) is 48.5 Å². The number of ether oxygens (including phenoxy) is 1. The first kappa shape index (κ1) is 20.2. The zero-order chi connectivity index (χ0) is 20.9. The molecule has 0 bridgehead atoms. The average Bonchev–Trinajstić information content (AvgIpc) is 2.89. The summed E-state index contributed by atoms with van der Waals surface area (Å²) in [4.78, 5) is 12.3. The molecule has 1 saturated heterocycles. The Labute approximate surface area is 173 Å². The van der Waals surface area contributed by atoms with E-state index in [-0.39, 0.29) is 24.3 Å². The zero-order valence-electron chi connectivity index (χ0n) is 18.0. The molecule has 152 valence electrons. The Morgan fingerprint density at radius 2 is 1.34 bits per heavy atom. The second-order valence-electron chi connectivity index (χ2n) is 9.21. The molecule has 4 rings (SSSR count). The second kappa shape index (κ2) is 7.00. The van der Waals surface area contributed by atoms with Crippen LogP contribution in [0.25, 0.3) is 11.1 Å². The Morgan fingerprint density at radius 1 is 0.862 bits per heavy atom. The summed E-state index contributed by atoms with van der Waals surface area (Å²) in [5.41, 5.74) is 3.17. The summed E-state index contributed by atoms with van der Waals surface area (Å²) in [6.45, 7) is 8.25. The molecule has 2 aromatic rings. The molecule has 1 aliphatic heterocycles. The van der Waals surface area contributed by atoms with Gasteiger partial charge in [0.15, 0.2) is 0 Å². The number of carbonyl (C=O) groups excluding carboxylic acids is 1. The van der Waals surface area contributed by atoms with E-state index in [0.29, 0.717) is 0 Å². The molecule has 0 amide bonds. The molecule has 1 saturated carbocycles. The number of esters is 1. The molecule has 1 aliphatic carbocycles. The maximum atomic E-state index is 12.3. The van der Waals surface area contributed by atoms with Crippen LogP contribution in [0.2, 0.25) is 0 Å². The topological polar surface area (TPSA) is 44.8 Å². The van der Waals surface area contributed by atoms with Gasteiger partial charge in [-0.3, -0.25) is 4.79 Å². The summed E-state index contributed by atoms with van der Waals surface area (Å²) in [6.07, 6.45) is 2.79. The zero-order valence-corrected chi connectivity index (χ0v) is 18.0. The predicted molar refractivity (Wildman–Crippen MR) is 115 cm³/mol. The molecule has 0 radical (unpaired) electrons. The third-order valence-corrected chi connectivity index (χ3v) is 6.99. The smallest absolute Gasteiger partial charge is 0.468 e. The number of hydrogen-bond acceptors (Lipinski definition) is 4. The fourth-order valence-electron chi connectivity index (χ4n) is 4.13. The van der Waals surface area contributed by atoms with Crippen molar-refractivity contribution in [3.05, 3.63) is 54.1 Å². The van der Waals surface area contributed by atoms with E-state index >= 15 is 0 Å². The van der Waals surface area contributed by atoms with E-state index in [4.69, 9.17) is 14.0 Å². The standard InChI is InChI=1S/C24H29BO4/c1-22(2)23(3,4)29-25(28-22)20-13-9-18(10-14-20)17-7-11-19(12-8-17)24(15-6-16-24)21(26)27-5/h7-14H,6,15-16H2,1-5H3. The van der Waals surface area contributed by atoms with Crippen LogP contribution in [0.4, 0.5) is 0 Å². The van der Waals surface area contributed by atoms with Crippen LogP contribution in [0, 0.1) is 0 Å². The van der Waals surface area contributed by atoms with Crippen molar-refractivity contribution in [2.24, 2.45) is 0 Å². The van der Waals surface area contributed by atoms with Crippen molar-refractivity contribution in [1.29, 1.82) is 0 Å². The first-order chi connectivity index (χ1) is 13.7. The fourth-order valence-corrected chi connectivity index (χ4v) is 4.13. The fraction of sp³-hybridized carbons (Fsp3) is 0.458. The van der Waals surface area contributed by atoms with Crippen LogP contribution in [0.1, 0.15) is 52.5 Å². The molecule has 0 N–H and O–H groups in total. The minimum Gasteiger partial charge on any atom is -0.468 e. The van der Waals surface area contributed by atoms with Gasteiger partial charge in [-0.2, -0.15) is 0 Å². The second-order valence-corrected chi connectivity index (χ2v) is 9.21. The lowest BCUT2D eigenvalue weighted by Crippen LogP contribution is -2.43. The van der Waals surface area contributed by atoms with Gasteiger partial charge in [0.1, 0.15) is 0 Å². The molecular formula is C24H29BO4. The van der Waals surface area contributed by atoms with Gasteiger partial charge >= 0.3 is 13.1 Å². The highest BCUT2D eigenvalue weighted by atomic mass is 16.7. The van der Waals surface area contributed by atoms with Crippen LogP contribution >= 0.6 is 0 Å². The third kappa shape index (κ3) is 3.30. The number of benzene rings is 2. The number of hydrogen-bond donors (Lipinski definition) is 0. The van der Waals surface area contributed by atoms with Crippen molar-refractivity contribution in [3.63, 3.8) is 0 Å². The molecule has 29 heavy (non-hydrogen) atoms. The van der Waals surface area contributed by atoms with Gasteiger partial charge in [0, 0.05) is 0 Å². The Kier molecular flexibility index (Phi) is 4.87. The van der Waals surface area contributed by atoms with E-state index in [2.05, 4.69) is 76.2 Å². The largest absolute Gasteiger partial charge is 0.494 e. The quantitative estimate of drug-likeness (QED) is 0.577. The van der Waals surface area contributed by atoms with Gasteiger partial charge in [0.25, 0.3) is 0 Å². The van der Waals surface area contributed by atoms with Crippen LogP contribution in [-0.2, 0) is 24.3 Å². The molecule has 0 atom stereocenters. The van der Waals surface area contributed by atoms with Crippen molar-refractivity contribution >= 4 is 18.6 Å². The van der Waals surface area contributed by atoms with E-state index in [1.165, 1.54) is 7.11 Å². The highest BCUT2D eigenvalue weighted by Gasteiger charge is 2.51. The van der Waals surface area contributed by atoms with E-state index in [9.17, 15) is 4.79 Å². The van der Waals surface area contributed by atoms with Crippen LogP contribution < -0.4 is 5.46 Å². The molecule has 4 nitrogen and oxygen atoms in total. The van der Waals surface area contributed by atoms with Gasteiger partial charge in [-0.25, -0.2) is 0 Å². The summed E-state index contributed by atoms with van der Waals surface area (Å²) in [5.74, 6) is -0.122. The summed E-state index contributed by atoms with van der Waals surface area (Å²) in [7, 11) is 1.12. The lowest BCUT2D eigenvalue weighted by molar-refractivity contribution is -0.151. The van der Waals surface area contributed by atoms with E-state index in [0.717, 1.165) is 41.4 Å². The average molecular weight is 392 g/mol. The van der Waals surface area contributed by atoms with Crippen molar-refractivity contribution in [2.45, 2.75) is 63.6 Å². The van der Waals surface area contributed by atoms with Gasteiger partial charge in [0.2, 0.25) is 0 Å². The van der Waals surface area contributed by atoms with Gasteiger partial charge < -0.3 is 14.0 Å². The number of rotatable bonds is 4. The summed E-state index contributed by atoms with van der Waals surface area (Å²) >= 11 is 0. The van der Waals surface area contributed by atoms with E-state index in [1.54, 1.807) is 0 Å². The van der Waals surface area contributed by atoms with Crippen molar-refractivity contribution in [3.8, 4) is 11.1 Å². The van der Waals surface area contributed by atoms with Crippen molar-refractivity contribution in [2.75, 3.05) is 7.11 Å². The van der Waals surface area contributed by atoms with Crippen molar-refractivity contribution in [1.82, 2.24) is 0 Å². The SMILES string of the molecule is COC(=O)C1(c2ccc(-c3ccc(B4OC(C)(C)C(C)(C)O4)cc3)cc2)CCC1. The van der Waals surface area contributed by atoms with Crippen LogP contribution in [0.5, 0.6) is 0 Å². The van der Waals surface area contributed by atoms with Gasteiger partial charge in [-0.15, -0.1) is 0 Å². The molecule has 2 fully saturated rings. The Balaban J connectivity index is 1.52. The summed E-state index contributed by atoms with van der Waals surface area (Å²) in [5, 5.41) is 0. The lowest BCUT2D eigenvalue weighted by Gasteiger charge is -2.39. The first-order valence-electron chi connectivity index (χ1n) is 10.3. The third-order valence-electron chi connectivity index (χ3n) is 6.99. The van der Waals surface area contributed by atoms with E-state index < -0.39 is 5.41 Å². The highest BCUT2D eigenvalue weighted by molar-refractivity contribution is 6.62. The lowest BCUT2D eigenvalue weighted by atomic mass is 9.64. The molecule has 2 aromatic carbocycles. The van der Waals surface area contributed by atoms with Gasteiger partial charge in [-0.05, 0) is 62.7 Å². The molecule has 1 heterocycles. The normalized spacial score (nSPS) is 21.5. The van der Waals surface area contributed by atoms with Crippen LogP contribution in [0.3, 0.4) is 0 Å². The van der Waals surface area contributed by atoms with Crippen molar-refractivity contribution < 1.29 is 18.8 Å². The minimum absolute atomic E-state index is 0.122. The first-order valence-corrected chi connectivity index (χ1v) is 10.3. The molecule has 5 heteroatoms. The number of carbonyl (C=O) groups is 1. The number of methoxy groups -OCH3 is 1. The molecule has 0 aromatic heterocycles.